The maximum atomic E-state index is 12.1. The van der Waals surface area contributed by atoms with E-state index in [0.717, 1.165) is 38.8 Å². The molecular formula is C16H19ClN2O2. The molecule has 0 bridgehead atoms. The van der Waals surface area contributed by atoms with Gasteiger partial charge in [-0.3, -0.25) is 4.79 Å². The van der Waals surface area contributed by atoms with E-state index in [9.17, 15) is 4.79 Å². The number of nitrogens with one attached hydrogen (secondary N) is 1. The number of fused-ring (bicyclic) bond motifs is 3. The molecular weight excluding hydrogens is 288 g/mol. The molecule has 3 rings (SSSR count). The number of rotatable bonds is 2. The lowest BCUT2D eigenvalue weighted by Gasteiger charge is -2.08. The van der Waals surface area contributed by atoms with Gasteiger partial charge in [-0.1, -0.05) is 13.8 Å². The summed E-state index contributed by atoms with van der Waals surface area (Å²) in [5, 5.41) is 1.97. The fourth-order valence-electron chi connectivity index (χ4n) is 2.65. The summed E-state index contributed by atoms with van der Waals surface area (Å²) >= 11 is 0. The van der Waals surface area contributed by atoms with E-state index >= 15 is 0 Å². The van der Waals surface area contributed by atoms with Crippen molar-refractivity contribution in [2.45, 2.75) is 33.2 Å². The van der Waals surface area contributed by atoms with Crippen LogP contribution in [0.5, 0.6) is 0 Å². The van der Waals surface area contributed by atoms with Crippen molar-refractivity contribution in [3.8, 4) is 0 Å². The van der Waals surface area contributed by atoms with Gasteiger partial charge in [-0.15, -0.1) is 12.4 Å². The van der Waals surface area contributed by atoms with Crippen LogP contribution < -0.4 is 11.3 Å². The molecule has 0 fully saturated rings. The highest BCUT2D eigenvalue weighted by molar-refractivity contribution is 6.04. The molecule has 4 nitrogen and oxygen atoms in total. The van der Waals surface area contributed by atoms with Crippen molar-refractivity contribution in [1.29, 1.82) is 0 Å². The van der Waals surface area contributed by atoms with Gasteiger partial charge in [0.25, 0.3) is 5.56 Å². The number of H-pyrrole nitrogens is 1. The Morgan fingerprint density at radius 1 is 1.29 bits per heavy atom. The second-order valence-electron chi connectivity index (χ2n) is 5.53. The molecule has 5 heteroatoms. The average molecular weight is 307 g/mol. The van der Waals surface area contributed by atoms with E-state index < -0.39 is 0 Å². The number of aromatic nitrogens is 1. The maximum absolute atomic E-state index is 12.1. The molecule has 0 aliphatic carbocycles. The Bertz CT molecular complexity index is 862. The first-order chi connectivity index (χ1) is 9.51. The summed E-state index contributed by atoms with van der Waals surface area (Å²) in [4.78, 5) is 15.1. The van der Waals surface area contributed by atoms with Gasteiger partial charge in [-0.2, -0.15) is 0 Å². The highest BCUT2D eigenvalue weighted by atomic mass is 35.5. The standard InChI is InChI=1S/C16H18N2O2.ClH/c1-8(2)12-6-13-14(18-16(12)19)9(3)4-10-5-11(7-17)20-15(10)13;/h4-6,8H,7,17H2,1-3H3,(H,18,19);1H. The fraction of sp³-hybridized carbons (Fsp3) is 0.312. The number of furan rings is 1. The van der Waals surface area contributed by atoms with Crippen molar-refractivity contribution >= 4 is 34.3 Å². The maximum Gasteiger partial charge on any atom is 0.251 e. The molecule has 112 valence electrons. The van der Waals surface area contributed by atoms with Gasteiger partial charge in [0.15, 0.2) is 0 Å². The van der Waals surface area contributed by atoms with Gasteiger partial charge in [0.2, 0.25) is 0 Å². The number of benzene rings is 1. The molecule has 1 aromatic carbocycles. The summed E-state index contributed by atoms with van der Waals surface area (Å²) in [6, 6.07) is 5.92. The van der Waals surface area contributed by atoms with Crippen LogP contribution in [0.25, 0.3) is 21.9 Å². The lowest BCUT2D eigenvalue weighted by atomic mass is 10.0. The molecule has 2 aromatic heterocycles. The van der Waals surface area contributed by atoms with Crippen LogP contribution in [0.3, 0.4) is 0 Å². The monoisotopic (exact) mass is 306 g/mol. The Morgan fingerprint density at radius 3 is 2.62 bits per heavy atom. The number of nitrogens with two attached hydrogens (primary N) is 1. The zero-order valence-corrected chi connectivity index (χ0v) is 13.1. The first kappa shape index (κ1) is 15.6. The number of aryl methyl sites for hydroxylation is 1. The van der Waals surface area contributed by atoms with E-state index in [-0.39, 0.29) is 23.9 Å². The molecule has 0 saturated heterocycles. The zero-order valence-electron chi connectivity index (χ0n) is 12.3. The van der Waals surface area contributed by atoms with Gasteiger partial charge in [0, 0.05) is 16.3 Å². The van der Waals surface area contributed by atoms with Gasteiger partial charge in [-0.05, 0) is 36.6 Å². The highest BCUT2D eigenvalue weighted by Gasteiger charge is 2.13. The zero-order chi connectivity index (χ0) is 14.4. The number of halogens is 1. The third-order valence-corrected chi connectivity index (χ3v) is 3.72. The summed E-state index contributed by atoms with van der Waals surface area (Å²) in [5.41, 5.74) is 9.06. The molecule has 3 N–H and O–H groups in total. The van der Waals surface area contributed by atoms with Crippen LogP contribution in [0.4, 0.5) is 0 Å². The number of pyridine rings is 1. The normalized spacial score (nSPS) is 11.3. The van der Waals surface area contributed by atoms with Crippen LogP contribution in [0.1, 0.15) is 36.7 Å². The smallest absolute Gasteiger partial charge is 0.251 e. The predicted molar refractivity (Wildman–Crippen MR) is 88.3 cm³/mol. The van der Waals surface area contributed by atoms with E-state index in [0.29, 0.717) is 6.54 Å². The predicted octanol–water partition coefficient (Wildman–Crippen LogP) is 3.59. The topological polar surface area (TPSA) is 72.0 Å². The van der Waals surface area contributed by atoms with E-state index in [2.05, 4.69) is 4.98 Å². The van der Waals surface area contributed by atoms with Gasteiger partial charge < -0.3 is 15.1 Å². The van der Waals surface area contributed by atoms with Crippen molar-refractivity contribution in [2.24, 2.45) is 5.73 Å². The number of hydrogen-bond donors (Lipinski definition) is 2. The Labute approximate surface area is 128 Å². The molecule has 0 amide bonds. The molecule has 0 saturated carbocycles. The summed E-state index contributed by atoms with van der Waals surface area (Å²) in [6.45, 7) is 6.38. The minimum Gasteiger partial charge on any atom is -0.459 e. The molecule has 0 aliphatic heterocycles. The Morgan fingerprint density at radius 2 is 2.00 bits per heavy atom. The summed E-state index contributed by atoms with van der Waals surface area (Å²) in [7, 11) is 0. The van der Waals surface area contributed by atoms with Gasteiger partial charge in [-0.25, -0.2) is 0 Å². The summed E-state index contributed by atoms with van der Waals surface area (Å²) in [6.07, 6.45) is 0. The quantitative estimate of drug-likeness (QED) is 0.760. The van der Waals surface area contributed by atoms with Crippen molar-refractivity contribution in [3.63, 3.8) is 0 Å². The van der Waals surface area contributed by atoms with Gasteiger partial charge in [0.1, 0.15) is 11.3 Å². The second-order valence-corrected chi connectivity index (χ2v) is 5.53. The van der Waals surface area contributed by atoms with Crippen LogP contribution in [0, 0.1) is 6.92 Å². The van der Waals surface area contributed by atoms with Crippen LogP contribution in [-0.4, -0.2) is 4.98 Å². The lowest BCUT2D eigenvalue weighted by molar-refractivity contribution is 0.555. The molecule has 0 radical (unpaired) electrons. The molecule has 0 unspecified atom stereocenters. The number of aromatic amines is 1. The van der Waals surface area contributed by atoms with Crippen molar-refractivity contribution in [2.75, 3.05) is 0 Å². The Hall–Kier alpha value is -1.78. The van der Waals surface area contributed by atoms with Crippen molar-refractivity contribution in [1.82, 2.24) is 4.98 Å². The Kier molecular flexibility index (Phi) is 4.12. The third kappa shape index (κ3) is 2.45. The third-order valence-electron chi connectivity index (χ3n) is 3.72. The van der Waals surface area contributed by atoms with Crippen molar-refractivity contribution in [3.05, 3.63) is 45.4 Å². The Balaban J connectivity index is 0.00000161. The minimum absolute atomic E-state index is 0. The van der Waals surface area contributed by atoms with Crippen LogP contribution in [0.2, 0.25) is 0 Å². The average Bonchev–Trinajstić information content (AvgIpc) is 2.81. The summed E-state index contributed by atoms with van der Waals surface area (Å²) < 4.78 is 5.81. The molecule has 3 aromatic rings. The van der Waals surface area contributed by atoms with E-state index in [1.54, 1.807) is 0 Å². The lowest BCUT2D eigenvalue weighted by Crippen LogP contribution is -2.13. The fourth-order valence-corrected chi connectivity index (χ4v) is 2.65. The minimum atomic E-state index is -0.0273. The van der Waals surface area contributed by atoms with Crippen molar-refractivity contribution < 1.29 is 4.42 Å². The molecule has 0 aliphatic rings. The molecule has 2 heterocycles. The summed E-state index contributed by atoms with van der Waals surface area (Å²) in [5.74, 6) is 0.923. The van der Waals surface area contributed by atoms with Gasteiger partial charge in [0.05, 0.1) is 12.1 Å². The second kappa shape index (κ2) is 5.54. The SMILES string of the molecule is Cc1cc2cc(CN)oc2c2cc(C(C)C)c(=O)[nH]c12.Cl. The van der Waals surface area contributed by atoms with Gasteiger partial charge >= 0.3 is 0 Å². The highest BCUT2D eigenvalue weighted by Crippen LogP contribution is 2.30. The molecule has 0 spiro atoms. The largest absolute Gasteiger partial charge is 0.459 e. The number of hydrogen-bond acceptors (Lipinski definition) is 3. The van der Waals surface area contributed by atoms with Crippen LogP contribution in [-0.2, 0) is 6.54 Å². The van der Waals surface area contributed by atoms with E-state index in [1.165, 1.54) is 0 Å². The molecule has 0 atom stereocenters. The molecule has 21 heavy (non-hydrogen) atoms. The van der Waals surface area contributed by atoms with Crippen LogP contribution >= 0.6 is 12.4 Å². The first-order valence-electron chi connectivity index (χ1n) is 6.80. The van der Waals surface area contributed by atoms with E-state index in [4.69, 9.17) is 10.2 Å². The van der Waals surface area contributed by atoms with Crippen LogP contribution in [0.15, 0.2) is 27.4 Å². The van der Waals surface area contributed by atoms with E-state index in [1.807, 2.05) is 39.0 Å². The first-order valence-corrected chi connectivity index (χ1v) is 6.80.